The van der Waals surface area contributed by atoms with Gasteiger partial charge >= 0.3 is 0 Å². The van der Waals surface area contributed by atoms with Gasteiger partial charge < -0.3 is 10.1 Å². The van der Waals surface area contributed by atoms with Crippen LogP contribution in [0.3, 0.4) is 0 Å². The van der Waals surface area contributed by atoms with E-state index >= 15 is 0 Å². The average molecular weight is 316 g/mol. The third-order valence-corrected chi connectivity index (χ3v) is 5.04. The van der Waals surface area contributed by atoms with Gasteiger partial charge in [0.05, 0.1) is 19.3 Å². The summed E-state index contributed by atoms with van der Waals surface area (Å²) >= 11 is 0. The van der Waals surface area contributed by atoms with Gasteiger partial charge in [-0.15, -0.1) is 0 Å². The Morgan fingerprint density at radius 1 is 1.13 bits per heavy atom. The lowest BCUT2D eigenvalue weighted by Gasteiger charge is -2.32. The van der Waals surface area contributed by atoms with Crippen molar-refractivity contribution >= 4 is 5.91 Å². The highest BCUT2D eigenvalue weighted by Gasteiger charge is 2.25. The molecule has 2 fully saturated rings. The van der Waals surface area contributed by atoms with Crippen LogP contribution in [0.1, 0.15) is 43.7 Å². The summed E-state index contributed by atoms with van der Waals surface area (Å²) in [6.45, 7) is 4.34. The maximum absolute atomic E-state index is 12.7. The number of hydrogen-bond acceptors (Lipinski definition) is 3. The van der Waals surface area contributed by atoms with E-state index in [1.807, 2.05) is 6.07 Å². The zero-order valence-electron chi connectivity index (χ0n) is 13.9. The first-order chi connectivity index (χ1) is 11.3. The minimum absolute atomic E-state index is 0.0729. The molecule has 1 aromatic rings. The highest BCUT2D eigenvalue weighted by Crippen LogP contribution is 2.25. The van der Waals surface area contributed by atoms with Gasteiger partial charge in [0.2, 0.25) is 5.91 Å². The molecule has 126 valence electrons. The monoisotopic (exact) mass is 316 g/mol. The Morgan fingerprint density at radius 2 is 1.83 bits per heavy atom. The number of benzene rings is 1. The number of ether oxygens (including phenoxy) is 1. The molecule has 2 aliphatic rings. The summed E-state index contributed by atoms with van der Waals surface area (Å²) in [5, 5.41) is 3.33. The molecule has 4 nitrogen and oxygen atoms in total. The lowest BCUT2D eigenvalue weighted by atomic mass is 9.88. The first-order valence-corrected chi connectivity index (χ1v) is 8.98. The summed E-state index contributed by atoms with van der Waals surface area (Å²) in [7, 11) is 0. The zero-order valence-corrected chi connectivity index (χ0v) is 13.9. The molecule has 0 spiro atoms. The van der Waals surface area contributed by atoms with Crippen molar-refractivity contribution in [3.63, 3.8) is 0 Å². The van der Waals surface area contributed by atoms with E-state index in [0.717, 1.165) is 45.7 Å². The van der Waals surface area contributed by atoms with Crippen molar-refractivity contribution in [3.05, 3.63) is 35.9 Å². The van der Waals surface area contributed by atoms with Crippen molar-refractivity contribution in [3.8, 4) is 0 Å². The number of morpholine rings is 1. The summed E-state index contributed by atoms with van der Waals surface area (Å²) in [4.78, 5) is 15.1. The number of nitrogens with zero attached hydrogens (tertiary/aromatic N) is 1. The van der Waals surface area contributed by atoms with Gasteiger partial charge in [0.25, 0.3) is 0 Å². The molecule has 0 radical (unpaired) electrons. The molecule has 4 heteroatoms. The van der Waals surface area contributed by atoms with E-state index in [1.165, 1.54) is 24.8 Å². The van der Waals surface area contributed by atoms with Crippen LogP contribution in [0.5, 0.6) is 0 Å². The normalized spacial score (nSPS) is 21.7. The van der Waals surface area contributed by atoms with E-state index in [4.69, 9.17) is 4.74 Å². The summed E-state index contributed by atoms with van der Waals surface area (Å²) < 4.78 is 5.43. The van der Waals surface area contributed by atoms with Gasteiger partial charge in [0.15, 0.2) is 0 Å². The van der Waals surface area contributed by atoms with Gasteiger partial charge in [-0.25, -0.2) is 0 Å². The van der Waals surface area contributed by atoms with Crippen LogP contribution in [0.4, 0.5) is 0 Å². The molecule has 3 rings (SSSR count). The minimum atomic E-state index is 0.0729. The molecular formula is C19H28N2O2. The Hall–Kier alpha value is -1.39. The maximum atomic E-state index is 12.7. The molecule has 1 amide bonds. The van der Waals surface area contributed by atoms with E-state index in [-0.39, 0.29) is 17.9 Å². The second-order valence-corrected chi connectivity index (χ2v) is 6.72. The topological polar surface area (TPSA) is 41.6 Å². The van der Waals surface area contributed by atoms with Crippen LogP contribution in [0.15, 0.2) is 30.3 Å². The van der Waals surface area contributed by atoms with Crippen molar-refractivity contribution in [1.29, 1.82) is 0 Å². The van der Waals surface area contributed by atoms with Crippen LogP contribution in [-0.2, 0) is 9.53 Å². The van der Waals surface area contributed by atoms with Crippen LogP contribution in [0.25, 0.3) is 0 Å². The number of carbonyl (C=O) groups excluding carboxylic acids is 1. The lowest BCUT2D eigenvalue weighted by Crippen LogP contribution is -2.44. The zero-order chi connectivity index (χ0) is 15.9. The predicted octanol–water partition coefficient (Wildman–Crippen LogP) is 2.76. The molecule has 1 aromatic carbocycles. The Balaban J connectivity index is 1.65. The third kappa shape index (κ3) is 4.79. The summed E-state index contributed by atoms with van der Waals surface area (Å²) in [5.74, 6) is 0.450. The van der Waals surface area contributed by atoms with Gasteiger partial charge in [0, 0.05) is 25.6 Å². The van der Waals surface area contributed by atoms with Gasteiger partial charge in [-0.1, -0.05) is 49.6 Å². The highest BCUT2D eigenvalue weighted by atomic mass is 16.5. The van der Waals surface area contributed by atoms with Crippen molar-refractivity contribution in [2.75, 3.05) is 32.8 Å². The summed E-state index contributed by atoms with van der Waals surface area (Å²) in [6.07, 6.45) is 5.75. The van der Waals surface area contributed by atoms with Crippen molar-refractivity contribution in [2.24, 2.45) is 5.92 Å². The molecule has 1 aliphatic carbocycles. The van der Waals surface area contributed by atoms with Crippen LogP contribution in [-0.4, -0.2) is 43.7 Å². The Kier molecular flexibility index (Phi) is 6.06. The second-order valence-electron chi connectivity index (χ2n) is 6.72. The van der Waals surface area contributed by atoms with E-state index in [0.29, 0.717) is 0 Å². The smallest absolute Gasteiger partial charge is 0.223 e. The molecular weight excluding hydrogens is 288 g/mol. The van der Waals surface area contributed by atoms with Gasteiger partial charge in [0.1, 0.15) is 0 Å². The fourth-order valence-corrected chi connectivity index (χ4v) is 3.62. The maximum Gasteiger partial charge on any atom is 0.223 e. The van der Waals surface area contributed by atoms with Crippen LogP contribution < -0.4 is 5.32 Å². The molecule has 23 heavy (non-hydrogen) atoms. The molecule has 0 bridgehead atoms. The van der Waals surface area contributed by atoms with Crippen molar-refractivity contribution in [2.45, 2.75) is 38.1 Å². The van der Waals surface area contributed by atoms with E-state index in [2.05, 4.69) is 34.5 Å². The largest absolute Gasteiger partial charge is 0.379 e. The molecule has 1 atom stereocenters. The fourth-order valence-electron chi connectivity index (χ4n) is 3.62. The Morgan fingerprint density at radius 3 is 2.52 bits per heavy atom. The molecule has 1 N–H and O–H groups in total. The van der Waals surface area contributed by atoms with Gasteiger partial charge in [-0.2, -0.15) is 0 Å². The minimum Gasteiger partial charge on any atom is -0.379 e. The fraction of sp³-hybridized carbons (Fsp3) is 0.632. The number of amides is 1. The molecule has 0 aromatic heterocycles. The molecule has 1 heterocycles. The van der Waals surface area contributed by atoms with Crippen LogP contribution in [0, 0.1) is 5.92 Å². The number of hydrogen-bond donors (Lipinski definition) is 1. The van der Waals surface area contributed by atoms with Crippen LogP contribution >= 0.6 is 0 Å². The van der Waals surface area contributed by atoms with Gasteiger partial charge in [-0.05, 0) is 18.4 Å². The Bertz CT molecular complexity index is 479. The quantitative estimate of drug-likeness (QED) is 0.908. The standard InChI is InChI=1S/C19H28N2O2/c22-19(17-9-5-2-6-10-17)20-18(16-7-3-1-4-8-16)15-21-11-13-23-14-12-21/h1,3-4,7-8,17-18H,2,5-6,9-15H2,(H,20,22). The van der Waals surface area contributed by atoms with E-state index in [9.17, 15) is 4.79 Å². The van der Waals surface area contributed by atoms with E-state index < -0.39 is 0 Å². The van der Waals surface area contributed by atoms with Crippen molar-refractivity contribution < 1.29 is 9.53 Å². The molecule has 1 unspecified atom stereocenters. The summed E-state index contributed by atoms with van der Waals surface area (Å²) in [6, 6.07) is 10.4. The van der Waals surface area contributed by atoms with Gasteiger partial charge in [-0.3, -0.25) is 9.69 Å². The first-order valence-electron chi connectivity index (χ1n) is 8.98. The molecule has 1 saturated heterocycles. The number of nitrogens with one attached hydrogen (secondary N) is 1. The first kappa shape index (κ1) is 16.5. The van der Waals surface area contributed by atoms with Crippen molar-refractivity contribution in [1.82, 2.24) is 10.2 Å². The summed E-state index contributed by atoms with van der Waals surface area (Å²) in [5.41, 5.74) is 1.20. The average Bonchev–Trinajstić information content (AvgIpc) is 2.63. The third-order valence-electron chi connectivity index (χ3n) is 5.04. The lowest BCUT2D eigenvalue weighted by molar-refractivity contribution is -0.126. The van der Waals surface area contributed by atoms with Crippen LogP contribution in [0.2, 0.25) is 0 Å². The van der Waals surface area contributed by atoms with E-state index in [1.54, 1.807) is 0 Å². The number of carbonyl (C=O) groups is 1. The highest BCUT2D eigenvalue weighted by molar-refractivity contribution is 5.79. The molecule has 1 saturated carbocycles. The predicted molar refractivity (Wildman–Crippen MR) is 91.2 cm³/mol. The number of rotatable bonds is 5. The Labute approximate surface area is 139 Å². The second kappa shape index (κ2) is 8.46. The molecule has 1 aliphatic heterocycles. The SMILES string of the molecule is O=C(NC(CN1CCOCC1)c1ccccc1)C1CCCCC1.